The molecule has 0 bridgehead atoms. The third-order valence-electron chi connectivity index (χ3n) is 4.36. The van der Waals surface area contributed by atoms with E-state index in [0.717, 1.165) is 17.8 Å². The first kappa shape index (κ1) is 17.8. The van der Waals surface area contributed by atoms with Gasteiger partial charge < -0.3 is 9.64 Å². The summed E-state index contributed by atoms with van der Waals surface area (Å²) < 4.78 is 33.3. The highest BCUT2D eigenvalue weighted by Gasteiger charge is 2.23. The molecule has 1 fully saturated rings. The van der Waals surface area contributed by atoms with Crippen LogP contribution in [0.3, 0.4) is 0 Å². The van der Waals surface area contributed by atoms with Crippen LogP contribution in [0.15, 0.2) is 53.4 Å². The highest BCUT2D eigenvalue weighted by molar-refractivity contribution is 7.92. The van der Waals surface area contributed by atoms with Crippen LogP contribution in [0, 0.1) is 6.92 Å². The van der Waals surface area contributed by atoms with Gasteiger partial charge in [0.1, 0.15) is 0 Å². The van der Waals surface area contributed by atoms with Crippen LogP contribution < -0.4 is 9.62 Å². The molecule has 3 rings (SSSR count). The molecule has 0 aliphatic carbocycles. The lowest BCUT2D eigenvalue weighted by Gasteiger charge is -2.38. The summed E-state index contributed by atoms with van der Waals surface area (Å²) >= 11 is 0. The smallest absolute Gasteiger partial charge is 0.261 e. The molecule has 0 saturated carbocycles. The number of benzene rings is 2. The quantitative estimate of drug-likeness (QED) is 0.908. The predicted molar refractivity (Wildman–Crippen MR) is 101 cm³/mol. The lowest BCUT2D eigenvalue weighted by Crippen LogP contribution is -2.47. The van der Waals surface area contributed by atoms with Crippen LogP contribution in [0.4, 0.5) is 11.4 Å². The summed E-state index contributed by atoms with van der Waals surface area (Å²) in [4.78, 5) is 2.56. The number of hydrogen-bond acceptors (Lipinski definition) is 4. The van der Waals surface area contributed by atoms with Crippen LogP contribution in [0.1, 0.15) is 19.4 Å². The highest BCUT2D eigenvalue weighted by atomic mass is 32.2. The topological polar surface area (TPSA) is 58.6 Å². The zero-order chi connectivity index (χ0) is 18.0. The van der Waals surface area contributed by atoms with Crippen molar-refractivity contribution < 1.29 is 13.2 Å². The van der Waals surface area contributed by atoms with Crippen LogP contribution in [0.2, 0.25) is 0 Å². The van der Waals surface area contributed by atoms with Gasteiger partial charge in [0.15, 0.2) is 0 Å². The number of anilines is 2. The second kappa shape index (κ2) is 7.06. The maximum Gasteiger partial charge on any atom is 0.261 e. The van der Waals surface area contributed by atoms with Crippen molar-refractivity contribution in [3.05, 3.63) is 54.1 Å². The molecule has 0 amide bonds. The van der Waals surface area contributed by atoms with E-state index in [9.17, 15) is 8.42 Å². The molecular formula is C19H24N2O3S. The Morgan fingerprint density at radius 1 is 1.12 bits per heavy atom. The van der Waals surface area contributed by atoms with Gasteiger partial charge in [0.2, 0.25) is 0 Å². The van der Waals surface area contributed by atoms with Crippen molar-refractivity contribution in [2.24, 2.45) is 0 Å². The molecule has 2 aromatic rings. The Morgan fingerprint density at radius 2 is 1.84 bits per heavy atom. The zero-order valence-electron chi connectivity index (χ0n) is 14.8. The van der Waals surface area contributed by atoms with Crippen LogP contribution in [0.5, 0.6) is 0 Å². The summed E-state index contributed by atoms with van der Waals surface area (Å²) in [5.41, 5.74) is 2.54. The minimum absolute atomic E-state index is 0.190. The first-order chi connectivity index (χ1) is 11.8. The van der Waals surface area contributed by atoms with Gasteiger partial charge in [-0.15, -0.1) is 0 Å². The average Bonchev–Trinajstić information content (AvgIpc) is 2.58. The maximum absolute atomic E-state index is 12.5. The molecule has 2 aromatic carbocycles. The number of sulfonamides is 1. The van der Waals surface area contributed by atoms with Crippen molar-refractivity contribution in [1.29, 1.82) is 0 Å². The van der Waals surface area contributed by atoms with E-state index in [4.69, 9.17) is 4.74 Å². The molecule has 5 nitrogen and oxygen atoms in total. The van der Waals surface area contributed by atoms with Gasteiger partial charge in [0.25, 0.3) is 10.0 Å². The number of hydrogen-bond donors (Lipinski definition) is 1. The molecular weight excluding hydrogens is 336 g/mol. The van der Waals surface area contributed by atoms with Gasteiger partial charge in [-0.25, -0.2) is 8.42 Å². The highest BCUT2D eigenvalue weighted by Crippen LogP contribution is 2.25. The average molecular weight is 360 g/mol. The van der Waals surface area contributed by atoms with Crippen LogP contribution in [-0.2, 0) is 14.8 Å². The summed E-state index contributed by atoms with van der Waals surface area (Å²) in [6.45, 7) is 7.58. The van der Waals surface area contributed by atoms with Crippen molar-refractivity contribution in [2.75, 3.05) is 22.8 Å². The standard InChI is InChI=1S/C19H24N2O3S/c1-14-5-4-6-19(11-14)25(22,23)20-17-7-9-18(10-8-17)21-12-16(3)24-13-15(21)2/h4-11,15-16,20H,12-13H2,1-3H3. The Labute approximate surface area is 149 Å². The lowest BCUT2D eigenvalue weighted by molar-refractivity contribution is 0.0344. The van der Waals surface area contributed by atoms with Gasteiger partial charge in [-0.2, -0.15) is 0 Å². The third kappa shape index (κ3) is 4.14. The molecule has 134 valence electrons. The minimum atomic E-state index is -3.58. The Hall–Kier alpha value is -2.05. The molecule has 1 aliphatic rings. The summed E-state index contributed by atoms with van der Waals surface area (Å²) in [5, 5.41) is 0. The molecule has 0 radical (unpaired) electrons. The summed E-state index contributed by atoms with van der Waals surface area (Å²) in [6.07, 6.45) is 0.190. The first-order valence-corrected chi connectivity index (χ1v) is 9.91. The fourth-order valence-corrected chi connectivity index (χ4v) is 4.14. The van der Waals surface area contributed by atoms with Crippen molar-refractivity contribution in [1.82, 2.24) is 0 Å². The van der Waals surface area contributed by atoms with Crippen LogP contribution >= 0.6 is 0 Å². The Kier molecular flexibility index (Phi) is 5.01. The van der Waals surface area contributed by atoms with Crippen molar-refractivity contribution in [2.45, 2.75) is 37.8 Å². The van der Waals surface area contributed by atoms with Crippen molar-refractivity contribution in [3.63, 3.8) is 0 Å². The summed E-state index contributed by atoms with van der Waals surface area (Å²) in [7, 11) is -3.58. The third-order valence-corrected chi connectivity index (χ3v) is 5.74. The Balaban J connectivity index is 1.76. The van der Waals surface area contributed by atoms with E-state index in [-0.39, 0.29) is 11.0 Å². The predicted octanol–water partition coefficient (Wildman–Crippen LogP) is 3.41. The number of rotatable bonds is 4. The molecule has 1 N–H and O–H groups in total. The SMILES string of the molecule is Cc1cccc(S(=O)(=O)Nc2ccc(N3CC(C)OCC3C)cc2)c1. The van der Waals surface area contributed by atoms with E-state index in [0.29, 0.717) is 18.3 Å². The van der Waals surface area contributed by atoms with Gasteiger partial charge >= 0.3 is 0 Å². The van der Waals surface area contributed by atoms with Crippen molar-refractivity contribution in [3.8, 4) is 0 Å². The number of nitrogens with zero attached hydrogens (tertiary/aromatic N) is 1. The van der Waals surface area contributed by atoms with Crippen LogP contribution in [-0.4, -0.2) is 33.7 Å². The fraction of sp³-hybridized carbons (Fsp3) is 0.368. The number of aryl methyl sites for hydroxylation is 1. The van der Waals surface area contributed by atoms with Gasteiger partial charge in [0.05, 0.1) is 17.6 Å². The Bertz CT molecular complexity index is 834. The molecule has 6 heteroatoms. The second-order valence-electron chi connectivity index (χ2n) is 6.61. The molecule has 2 atom stereocenters. The number of nitrogens with one attached hydrogen (secondary N) is 1. The molecule has 1 saturated heterocycles. The maximum atomic E-state index is 12.5. The normalized spacial score (nSPS) is 21.2. The second-order valence-corrected chi connectivity index (χ2v) is 8.30. The molecule has 2 unspecified atom stereocenters. The largest absolute Gasteiger partial charge is 0.375 e. The van der Waals surface area contributed by atoms with E-state index in [2.05, 4.69) is 23.5 Å². The van der Waals surface area contributed by atoms with E-state index < -0.39 is 10.0 Å². The van der Waals surface area contributed by atoms with Crippen molar-refractivity contribution >= 4 is 21.4 Å². The molecule has 0 aromatic heterocycles. The molecule has 25 heavy (non-hydrogen) atoms. The van der Waals surface area contributed by atoms with Gasteiger partial charge in [-0.05, 0) is 62.7 Å². The van der Waals surface area contributed by atoms with Gasteiger partial charge in [-0.1, -0.05) is 12.1 Å². The minimum Gasteiger partial charge on any atom is -0.375 e. The van der Waals surface area contributed by atoms with E-state index in [1.807, 2.05) is 25.1 Å². The molecule has 1 aliphatic heterocycles. The zero-order valence-corrected chi connectivity index (χ0v) is 15.6. The Morgan fingerprint density at radius 3 is 2.52 bits per heavy atom. The number of morpholine rings is 1. The van der Waals surface area contributed by atoms with E-state index in [1.165, 1.54) is 0 Å². The number of ether oxygens (including phenoxy) is 1. The molecule has 0 spiro atoms. The van der Waals surface area contributed by atoms with E-state index >= 15 is 0 Å². The fourth-order valence-electron chi connectivity index (χ4n) is 2.98. The first-order valence-electron chi connectivity index (χ1n) is 8.43. The molecule has 1 heterocycles. The lowest BCUT2D eigenvalue weighted by atomic mass is 10.1. The monoisotopic (exact) mass is 360 g/mol. The van der Waals surface area contributed by atoms with Gasteiger partial charge in [-0.3, -0.25) is 4.72 Å². The summed E-state index contributed by atoms with van der Waals surface area (Å²) in [5.74, 6) is 0. The van der Waals surface area contributed by atoms with Crippen LogP contribution in [0.25, 0.3) is 0 Å². The summed E-state index contributed by atoms with van der Waals surface area (Å²) in [6, 6.07) is 14.7. The van der Waals surface area contributed by atoms with E-state index in [1.54, 1.807) is 30.3 Å². The van der Waals surface area contributed by atoms with Gasteiger partial charge in [0, 0.05) is 24.0 Å².